The molecule has 0 bridgehead atoms. The number of nitrogens with zero attached hydrogens (tertiary/aromatic N) is 2. The van der Waals surface area contributed by atoms with Crippen molar-refractivity contribution in [3.8, 4) is 16.3 Å². The summed E-state index contributed by atoms with van der Waals surface area (Å²) in [6, 6.07) is 16.4. The average molecular weight is 491 g/mol. The minimum absolute atomic E-state index is 0.113. The van der Waals surface area contributed by atoms with Crippen molar-refractivity contribution in [2.45, 2.75) is 46.1 Å². The van der Waals surface area contributed by atoms with Crippen molar-refractivity contribution in [3.63, 3.8) is 0 Å². The van der Waals surface area contributed by atoms with Crippen LogP contribution in [-0.4, -0.2) is 39.8 Å². The number of Topliss-reactive ketones (excluding diaryl/α,β-unsaturated/α-hetero) is 1. The van der Waals surface area contributed by atoms with Gasteiger partial charge in [0.05, 0.1) is 28.8 Å². The van der Waals surface area contributed by atoms with E-state index >= 15 is 0 Å². The van der Waals surface area contributed by atoms with Crippen LogP contribution in [0.2, 0.25) is 0 Å². The van der Waals surface area contributed by atoms with Crippen LogP contribution < -0.4 is 4.74 Å². The summed E-state index contributed by atoms with van der Waals surface area (Å²) in [5.74, 6) is -0.622. The number of hydrogen-bond acceptors (Lipinski definition) is 6. The number of carbonyl (C=O) groups excluding carboxylic acids is 2. The molecule has 0 aliphatic carbocycles. The number of thiazole rings is 1. The summed E-state index contributed by atoms with van der Waals surface area (Å²) in [4.78, 5) is 33.6. The molecule has 35 heavy (non-hydrogen) atoms. The number of carbonyl (C=O) groups is 2. The van der Waals surface area contributed by atoms with E-state index in [4.69, 9.17) is 4.74 Å². The Kier molecular flexibility index (Phi) is 7.66. The molecule has 1 aliphatic rings. The number of benzene rings is 2. The maximum atomic E-state index is 13.8. The fourth-order valence-electron chi connectivity index (χ4n) is 4.34. The van der Waals surface area contributed by atoms with E-state index in [1.165, 1.54) is 11.3 Å². The van der Waals surface area contributed by atoms with Crippen molar-refractivity contribution in [1.29, 1.82) is 0 Å². The van der Waals surface area contributed by atoms with E-state index in [-0.39, 0.29) is 11.4 Å². The van der Waals surface area contributed by atoms with Crippen molar-refractivity contribution in [1.82, 2.24) is 9.88 Å². The summed E-state index contributed by atoms with van der Waals surface area (Å²) in [6.45, 7) is 6.80. The van der Waals surface area contributed by atoms with Gasteiger partial charge in [0.2, 0.25) is 5.78 Å². The number of rotatable bonds is 10. The van der Waals surface area contributed by atoms with Gasteiger partial charge in [-0.25, -0.2) is 4.98 Å². The molecule has 2 aromatic carbocycles. The number of hydrogen-bond donors (Lipinski definition) is 1. The minimum Gasteiger partial charge on any atom is -0.503 e. The lowest BCUT2D eigenvalue weighted by atomic mass is 9.95. The van der Waals surface area contributed by atoms with Crippen LogP contribution in [0.4, 0.5) is 0 Å². The van der Waals surface area contributed by atoms with Gasteiger partial charge < -0.3 is 14.7 Å². The summed E-state index contributed by atoms with van der Waals surface area (Å²) in [6.07, 6.45) is 2.75. The SMILES string of the molecule is CCCCCN1C(=O)C(O)=C(C(=O)c2sc(-c3ccccc3)nc2C)C1c1ccc(OCC)cc1. The highest BCUT2D eigenvalue weighted by Crippen LogP contribution is 2.41. The number of ether oxygens (including phenoxy) is 1. The van der Waals surface area contributed by atoms with Crippen LogP contribution in [0.3, 0.4) is 0 Å². The quantitative estimate of drug-likeness (QED) is 0.267. The molecule has 182 valence electrons. The first-order valence-electron chi connectivity index (χ1n) is 12.0. The zero-order chi connectivity index (χ0) is 24.9. The molecular formula is C28H30N2O4S. The largest absolute Gasteiger partial charge is 0.503 e. The minimum atomic E-state index is -0.663. The highest BCUT2D eigenvalue weighted by Gasteiger charge is 2.44. The molecule has 3 aromatic rings. The van der Waals surface area contributed by atoms with Crippen molar-refractivity contribution < 1.29 is 19.4 Å². The van der Waals surface area contributed by atoms with Crippen LogP contribution >= 0.6 is 11.3 Å². The zero-order valence-corrected chi connectivity index (χ0v) is 21.1. The number of unbranched alkanes of at least 4 members (excludes halogenated alkanes) is 2. The van der Waals surface area contributed by atoms with E-state index in [9.17, 15) is 14.7 Å². The molecule has 0 saturated carbocycles. The molecule has 0 fully saturated rings. The molecule has 1 amide bonds. The summed E-state index contributed by atoms with van der Waals surface area (Å²) in [7, 11) is 0. The molecule has 1 N–H and O–H groups in total. The molecule has 0 spiro atoms. The maximum Gasteiger partial charge on any atom is 0.290 e. The molecule has 0 saturated heterocycles. The van der Waals surface area contributed by atoms with E-state index in [1.807, 2.05) is 61.5 Å². The summed E-state index contributed by atoms with van der Waals surface area (Å²) >= 11 is 1.28. The third-order valence-corrected chi connectivity index (χ3v) is 7.29. The Morgan fingerprint density at radius 1 is 1.09 bits per heavy atom. The van der Waals surface area contributed by atoms with E-state index in [0.29, 0.717) is 29.5 Å². The second-order valence-corrected chi connectivity index (χ2v) is 9.50. The van der Waals surface area contributed by atoms with Crippen molar-refractivity contribution in [3.05, 3.63) is 82.1 Å². The lowest BCUT2D eigenvalue weighted by Gasteiger charge is -2.27. The van der Waals surface area contributed by atoms with Crippen molar-refractivity contribution >= 4 is 23.0 Å². The molecule has 6 nitrogen and oxygen atoms in total. The van der Waals surface area contributed by atoms with Gasteiger partial charge in [0.25, 0.3) is 5.91 Å². The van der Waals surface area contributed by atoms with E-state index in [1.54, 1.807) is 11.8 Å². The van der Waals surface area contributed by atoms with Gasteiger partial charge in [0, 0.05) is 12.1 Å². The summed E-state index contributed by atoms with van der Waals surface area (Å²) < 4.78 is 5.56. The zero-order valence-electron chi connectivity index (χ0n) is 20.3. The van der Waals surface area contributed by atoms with Gasteiger partial charge in [-0.15, -0.1) is 11.3 Å². The lowest BCUT2D eigenvalue weighted by Crippen LogP contribution is -2.32. The maximum absolute atomic E-state index is 13.8. The first-order chi connectivity index (χ1) is 17.0. The molecule has 0 radical (unpaired) electrons. The summed E-state index contributed by atoms with van der Waals surface area (Å²) in [5, 5.41) is 11.7. The fraction of sp³-hybridized carbons (Fsp3) is 0.321. The highest BCUT2D eigenvalue weighted by molar-refractivity contribution is 7.17. The molecule has 1 atom stereocenters. The monoisotopic (exact) mass is 490 g/mol. The van der Waals surface area contributed by atoms with Gasteiger partial charge in [-0.1, -0.05) is 62.2 Å². The molecule has 1 unspecified atom stereocenters. The third kappa shape index (κ3) is 5.00. The number of aryl methyl sites for hydroxylation is 1. The Morgan fingerprint density at radius 3 is 2.46 bits per heavy atom. The van der Waals surface area contributed by atoms with Gasteiger partial charge in [0.15, 0.2) is 5.76 Å². The second-order valence-electron chi connectivity index (χ2n) is 8.50. The van der Waals surface area contributed by atoms with Crippen LogP contribution in [0, 0.1) is 6.92 Å². The third-order valence-electron chi connectivity index (χ3n) is 6.08. The average Bonchev–Trinajstić information content (AvgIpc) is 3.38. The van der Waals surface area contributed by atoms with Gasteiger partial charge in [-0.3, -0.25) is 9.59 Å². The normalized spacial score (nSPS) is 15.7. The van der Waals surface area contributed by atoms with Crippen molar-refractivity contribution in [2.75, 3.05) is 13.2 Å². The fourth-order valence-corrected chi connectivity index (χ4v) is 5.37. The Balaban J connectivity index is 1.73. The van der Waals surface area contributed by atoms with Crippen molar-refractivity contribution in [2.24, 2.45) is 0 Å². The van der Waals surface area contributed by atoms with Crippen LogP contribution in [0.15, 0.2) is 65.9 Å². The predicted molar refractivity (Wildman–Crippen MR) is 138 cm³/mol. The van der Waals surface area contributed by atoms with E-state index in [2.05, 4.69) is 11.9 Å². The van der Waals surface area contributed by atoms with Gasteiger partial charge in [-0.05, 0) is 38.0 Å². The number of amides is 1. The first-order valence-corrected chi connectivity index (χ1v) is 12.8. The van der Waals surface area contributed by atoms with Crippen LogP contribution in [0.25, 0.3) is 10.6 Å². The molecule has 7 heteroatoms. The Bertz CT molecular complexity index is 1230. The van der Waals surface area contributed by atoms with Gasteiger partial charge in [0.1, 0.15) is 10.8 Å². The van der Waals surface area contributed by atoms with E-state index < -0.39 is 17.7 Å². The number of aromatic nitrogens is 1. The number of ketones is 1. The smallest absolute Gasteiger partial charge is 0.290 e. The molecular weight excluding hydrogens is 460 g/mol. The highest BCUT2D eigenvalue weighted by atomic mass is 32.1. The Hall–Kier alpha value is -3.45. The molecule has 4 rings (SSSR count). The first kappa shape index (κ1) is 24.7. The standard InChI is InChI=1S/C28H30N2O4S/c1-4-6-10-17-30-23(19-13-15-21(16-14-19)34-5-2)22(25(32)28(30)33)24(31)26-18(3)29-27(35-26)20-11-8-7-9-12-20/h7-9,11-16,23,32H,4-6,10,17H2,1-3H3. The number of aliphatic hydroxyl groups excluding tert-OH is 1. The topological polar surface area (TPSA) is 79.7 Å². The molecule has 1 aromatic heterocycles. The Morgan fingerprint density at radius 2 is 1.80 bits per heavy atom. The number of aliphatic hydroxyl groups is 1. The second kappa shape index (κ2) is 10.9. The van der Waals surface area contributed by atoms with Crippen LogP contribution in [0.5, 0.6) is 5.75 Å². The lowest BCUT2D eigenvalue weighted by molar-refractivity contribution is -0.129. The molecule has 2 heterocycles. The molecule has 1 aliphatic heterocycles. The van der Waals surface area contributed by atoms with Crippen LogP contribution in [0.1, 0.15) is 60.1 Å². The van der Waals surface area contributed by atoms with Gasteiger partial charge in [-0.2, -0.15) is 0 Å². The van der Waals surface area contributed by atoms with E-state index in [0.717, 1.165) is 35.4 Å². The van der Waals surface area contributed by atoms with Gasteiger partial charge >= 0.3 is 0 Å². The van der Waals surface area contributed by atoms with Crippen LogP contribution in [-0.2, 0) is 4.79 Å². The Labute approximate surface area is 209 Å². The summed E-state index contributed by atoms with van der Waals surface area (Å²) in [5.41, 5.74) is 2.38. The predicted octanol–water partition coefficient (Wildman–Crippen LogP) is 6.29.